The van der Waals surface area contributed by atoms with Gasteiger partial charge in [-0.1, -0.05) is 46.3 Å². The van der Waals surface area contributed by atoms with E-state index < -0.39 is 0 Å². The van der Waals surface area contributed by atoms with Crippen LogP contribution in [0.2, 0.25) is 0 Å². The first-order chi connectivity index (χ1) is 9.11. The monoisotopic (exact) mass is 324 g/mol. The van der Waals surface area contributed by atoms with Crippen molar-refractivity contribution in [2.45, 2.75) is 5.92 Å². The molecule has 5 heteroatoms. The van der Waals surface area contributed by atoms with E-state index in [0.29, 0.717) is 6.54 Å². The highest BCUT2D eigenvalue weighted by Gasteiger charge is 2.29. The number of carbonyl (C=O) groups is 2. The Morgan fingerprint density at radius 2 is 1.84 bits per heavy atom. The second-order valence-electron chi connectivity index (χ2n) is 4.79. The third-order valence-corrected chi connectivity index (χ3v) is 4.16. The van der Waals surface area contributed by atoms with Gasteiger partial charge in [0, 0.05) is 24.8 Å². The van der Waals surface area contributed by atoms with Gasteiger partial charge in [0.05, 0.1) is 13.1 Å². The van der Waals surface area contributed by atoms with E-state index in [1.807, 2.05) is 30.3 Å². The van der Waals surface area contributed by atoms with E-state index in [0.717, 1.165) is 5.33 Å². The van der Waals surface area contributed by atoms with E-state index in [-0.39, 0.29) is 30.8 Å². The Kier molecular flexibility index (Phi) is 4.58. The van der Waals surface area contributed by atoms with E-state index in [9.17, 15) is 9.59 Å². The molecule has 1 heterocycles. The standard InChI is InChI=1S/C14H17BrN2O2/c1-16-9-14(19)17(10-13(16)18)8-12(7-15)11-5-3-2-4-6-11/h2-6,12H,7-10H2,1H3. The van der Waals surface area contributed by atoms with Crippen LogP contribution in [0, 0.1) is 0 Å². The van der Waals surface area contributed by atoms with E-state index in [1.165, 1.54) is 10.5 Å². The summed E-state index contributed by atoms with van der Waals surface area (Å²) >= 11 is 3.49. The Morgan fingerprint density at radius 3 is 2.47 bits per heavy atom. The number of nitrogens with zero attached hydrogens (tertiary/aromatic N) is 2. The van der Waals surface area contributed by atoms with Gasteiger partial charge < -0.3 is 9.80 Å². The van der Waals surface area contributed by atoms with Crippen LogP contribution >= 0.6 is 15.9 Å². The Balaban J connectivity index is 2.06. The van der Waals surface area contributed by atoms with E-state index >= 15 is 0 Å². The second kappa shape index (κ2) is 6.19. The van der Waals surface area contributed by atoms with Crippen LogP contribution in [-0.4, -0.2) is 53.6 Å². The summed E-state index contributed by atoms with van der Waals surface area (Å²) in [4.78, 5) is 26.8. The highest BCUT2D eigenvalue weighted by atomic mass is 79.9. The molecule has 2 amide bonds. The van der Waals surface area contributed by atoms with Crippen LogP contribution in [0.3, 0.4) is 0 Å². The first-order valence-electron chi connectivity index (χ1n) is 6.24. The molecule has 1 aromatic rings. The molecule has 1 aromatic carbocycles. The lowest BCUT2D eigenvalue weighted by Crippen LogP contribution is -2.53. The summed E-state index contributed by atoms with van der Waals surface area (Å²) in [6, 6.07) is 10.0. The maximum atomic E-state index is 11.9. The van der Waals surface area contributed by atoms with E-state index in [1.54, 1.807) is 11.9 Å². The SMILES string of the molecule is CN1CC(=O)N(CC(CBr)c2ccccc2)CC1=O. The maximum Gasteiger partial charge on any atom is 0.242 e. The summed E-state index contributed by atoms with van der Waals surface area (Å²) in [6.07, 6.45) is 0. The summed E-state index contributed by atoms with van der Waals surface area (Å²) in [5.41, 5.74) is 1.18. The lowest BCUT2D eigenvalue weighted by Gasteiger charge is -2.33. The molecule has 19 heavy (non-hydrogen) atoms. The molecule has 1 aliphatic rings. The Labute approximate surface area is 121 Å². The van der Waals surface area contributed by atoms with Gasteiger partial charge in [0.15, 0.2) is 0 Å². The first-order valence-corrected chi connectivity index (χ1v) is 7.36. The van der Waals surface area contributed by atoms with E-state index in [4.69, 9.17) is 0 Å². The summed E-state index contributed by atoms with van der Waals surface area (Å²) < 4.78 is 0. The second-order valence-corrected chi connectivity index (χ2v) is 5.43. The van der Waals surface area contributed by atoms with Crippen LogP contribution in [0.15, 0.2) is 30.3 Å². The summed E-state index contributed by atoms with van der Waals surface area (Å²) in [7, 11) is 1.66. The average molecular weight is 325 g/mol. The van der Waals surface area contributed by atoms with Gasteiger partial charge in [-0.15, -0.1) is 0 Å². The van der Waals surface area contributed by atoms with Gasteiger partial charge in [-0.25, -0.2) is 0 Å². The van der Waals surface area contributed by atoms with Crippen molar-refractivity contribution in [3.05, 3.63) is 35.9 Å². The van der Waals surface area contributed by atoms with Gasteiger partial charge in [-0.05, 0) is 5.56 Å². The van der Waals surface area contributed by atoms with Gasteiger partial charge in [0.25, 0.3) is 0 Å². The predicted octanol–water partition coefficient (Wildman–Crippen LogP) is 1.47. The van der Waals surface area contributed by atoms with Crippen molar-refractivity contribution in [3.63, 3.8) is 0 Å². The lowest BCUT2D eigenvalue weighted by molar-refractivity contribution is -0.148. The third-order valence-electron chi connectivity index (χ3n) is 3.38. The van der Waals surface area contributed by atoms with Gasteiger partial charge in [-0.3, -0.25) is 9.59 Å². The molecule has 0 aliphatic carbocycles. The minimum atomic E-state index is 0.000911. The number of hydrogen-bond donors (Lipinski definition) is 0. The van der Waals surface area contributed by atoms with Crippen LogP contribution < -0.4 is 0 Å². The van der Waals surface area contributed by atoms with Crippen molar-refractivity contribution in [1.82, 2.24) is 9.80 Å². The summed E-state index contributed by atoms with van der Waals surface area (Å²) in [5, 5.41) is 0.769. The van der Waals surface area contributed by atoms with Crippen LogP contribution in [0.25, 0.3) is 0 Å². The van der Waals surface area contributed by atoms with Crippen molar-refractivity contribution in [2.24, 2.45) is 0 Å². The Bertz CT molecular complexity index is 464. The minimum absolute atomic E-state index is 0.000911. The number of halogens is 1. The molecule has 0 spiro atoms. The fourth-order valence-corrected chi connectivity index (χ4v) is 2.74. The van der Waals surface area contributed by atoms with Crippen LogP contribution in [0.1, 0.15) is 11.5 Å². The Morgan fingerprint density at radius 1 is 1.16 bits per heavy atom. The zero-order chi connectivity index (χ0) is 13.8. The van der Waals surface area contributed by atoms with E-state index in [2.05, 4.69) is 15.9 Å². The lowest BCUT2D eigenvalue weighted by atomic mass is 10.0. The van der Waals surface area contributed by atoms with Gasteiger partial charge in [0.2, 0.25) is 11.8 Å². The molecule has 0 N–H and O–H groups in total. The third kappa shape index (κ3) is 3.35. The molecule has 0 aromatic heterocycles. The molecule has 1 fully saturated rings. The molecule has 2 rings (SSSR count). The van der Waals surface area contributed by atoms with Crippen molar-refractivity contribution in [2.75, 3.05) is 32.0 Å². The summed E-state index contributed by atoms with van der Waals surface area (Å²) in [6.45, 7) is 0.946. The van der Waals surface area contributed by atoms with Crippen LogP contribution in [0.4, 0.5) is 0 Å². The number of hydrogen-bond acceptors (Lipinski definition) is 2. The van der Waals surface area contributed by atoms with Crippen molar-refractivity contribution in [3.8, 4) is 0 Å². The molecule has 0 saturated carbocycles. The number of likely N-dealkylation sites (N-methyl/N-ethyl adjacent to an activating group) is 1. The quantitative estimate of drug-likeness (QED) is 0.787. The zero-order valence-corrected chi connectivity index (χ0v) is 12.5. The Hall–Kier alpha value is -1.36. The highest BCUT2D eigenvalue weighted by molar-refractivity contribution is 9.09. The van der Waals surface area contributed by atoms with Gasteiger partial charge >= 0.3 is 0 Å². The van der Waals surface area contributed by atoms with Gasteiger partial charge in [-0.2, -0.15) is 0 Å². The number of rotatable bonds is 4. The largest absolute Gasteiger partial charge is 0.335 e. The smallest absolute Gasteiger partial charge is 0.242 e. The van der Waals surface area contributed by atoms with Crippen LogP contribution in [0.5, 0.6) is 0 Å². The molecule has 0 bridgehead atoms. The zero-order valence-electron chi connectivity index (χ0n) is 10.9. The molecular formula is C14H17BrN2O2. The number of carbonyl (C=O) groups excluding carboxylic acids is 2. The van der Waals surface area contributed by atoms with Crippen LogP contribution in [-0.2, 0) is 9.59 Å². The number of amides is 2. The highest BCUT2D eigenvalue weighted by Crippen LogP contribution is 2.20. The maximum absolute atomic E-state index is 11.9. The molecule has 1 aliphatic heterocycles. The number of alkyl halides is 1. The molecule has 102 valence electrons. The number of benzene rings is 1. The molecule has 1 saturated heterocycles. The molecule has 1 atom stereocenters. The predicted molar refractivity (Wildman–Crippen MR) is 77.2 cm³/mol. The average Bonchev–Trinajstić information content (AvgIpc) is 2.42. The minimum Gasteiger partial charge on any atom is -0.335 e. The molecule has 4 nitrogen and oxygen atoms in total. The molecule has 1 unspecified atom stereocenters. The molecule has 0 radical (unpaired) electrons. The molecular weight excluding hydrogens is 308 g/mol. The van der Waals surface area contributed by atoms with Crippen molar-refractivity contribution < 1.29 is 9.59 Å². The normalized spacial score (nSPS) is 17.8. The summed E-state index contributed by atoms with van der Waals surface area (Å²) in [5.74, 6) is 0.228. The van der Waals surface area contributed by atoms with Gasteiger partial charge in [0.1, 0.15) is 0 Å². The fourth-order valence-electron chi connectivity index (χ4n) is 2.16. The topological polar surface area (TPSA) is 40.6 Å². The number of piperazine rings is 1. The van der Waals surface area contributed by atoms with Crippen molar-refractivity contribution >= 4 is 27.7 Å². The van der Waals surface area contributed by atoms with Crippen molar-refractivity contribution in [1.29, 1.82) is 0 Å². The fraction of sp³-hybridized carbons (Fsp3) is 0.429. The first kappa shape index (κ1) is 14.1.